The van der Waals surface area contributed by atoms with Crippen molar-refractivity contribution in [2.75, 3.05) is 26.4 Å². The molecular weight excluding hydrogens is 446 g/mol. The molecule has 0 amide bonds. The number of ether oxygens (including phenoxy) is 2. The molecule has 0 saturated heterocycles. The number of nitrogens with zero attached hydrogens (tertiary/aromatic N) is 3. The van der Waals surface area contributed by atoms with Crippen LogP contribution >= 0.6 is 0 Å². The van der Waals surface area contributed by atoms with Crippen LogP contribution in [0.3, 0.4) is 0 Å². The van der Waals surface area contributed by atoms with Crippen molar-refractivity contribution in [2.24, 2.45) is 51.5 Å². The zero-order valence-electron chi connectivity index (χ0n) is 23.9. The van der Waals surface area contributed by atoms with E-state index < -0.39 is 0 Å². The van der Waals surface area contributed by atoms with Crippen LogP contribution in [0.15, 0.2) is 16.8 Å². The summed E-state index contributed by atoms with van der Waals surface area (Å²) in [6.07, 6.45) is 17.9. The Labute approximate surface area is 220 Å². The average molecular weight is 500 g/mol. The number of fused-ring (bicyclic) bond motifs is 5. The molecule has 0 aromatic heterocycles. The van der Waals surface area contributed by atoms with Crippen molar-refractivity contribution >= 4 is 0 Å². The third-order valence-corrected chi connectivity index (χ3v) is 11.2. The summed E-state index contributed by atoms with van der Waals surface area (Å²) in [4.78, 5) is 2.76. The Bertz CT molecular complexity index is 806. The molecule has 0 bridgehead atoms. The molecule has 3 saturated carbocycles. The fraction of sp³-hybridized carbons (Fsp3) is 0.935. The molecule has 0 spiro atoms. The van der Waals surface area contributed by atoms with E-state index in [9.17, 15) is 0 Å². The van der Waals surface area contributed by atoms with E-state index in [1.807, 2.05) is 0 Å². The van der Waals surface area contributed by atoms with Gasteiger partial charge in [-0.25, -0.2) is 0 Å². The van der Waals surface area contributed by atoms with Crippen LogP contribution in [-0.2, 0) is 9.47 Å². The summed E-state index contributed by atoms with van der Waals surface area (Å²) in [6, 6.07) is 0. The SMILES string of the molecule is CC(C)CCC[C@@H](C)[C@H]1CC[C@H]2[C@@H]3CC=C4C[C@@H](OCCOCCN=[N+]=[N-])CC[C@]4(C)[C@H]3CC[C@]12C. The molecule has 0 heterocycles. The van der Waals surface area contributed by atoms with Crippen LogP contribution in [0.2, 0.25) is 0 Å². The van der Waals surface area contributed by atoms with Gasteiger partial charge >= 0.3 is 0 Å². The first-order valence-corrected chi connectivity index (χ1v) is 15.2. The summed E-state index contributed by atoms with van der Waals surface area (Å²) in [5.41, 5.74) is 11.0. The van der Waals surface area contributed by atoms with Crippen molar-refractivity contribution in [3.63, 3.8) is 0 Å². The Morgan fingerprint density at radius 3 is 2.64 bits per heavy atom. The topological polar surface area (TPSA) is 67.2 Å². The van der Waals surface area contributed by atoms with Gasteiger partial charge in [0.15, 0.2) is 0 Å². The highest BCUT2D eigenvalue weighted by Crippen LogP contribution is 2.67. The molecule has 0 aromatic rings. The van der Waals surface area contributed by atoms with Gasteiger partial charge < -0.3 is 9.47 Å². The fourth-order valence-corrected chi connectivity index (χ4v) is 9.32. The van der Waals surface area contributed by atoms with E-state index in [1.54, 1.807) is 5.57 Å². The summed E-state index contributed by atoms with van der Waals surface area (Å²) in [5.74, 6) is 5.36. The van der Waals surface area contributed by atoms with Gasteiger partial charge in [-0.2, -0.15) is 0 Å². The maximum atomic E-state index is 8.33. The first-order valence-electron chi connectivity index (χ1n) is 15.2. The van der Waals surface area contributed by atoms with Gasteiger partial charge in [0.1, 0.15) is 0 Å². The van der Waals surface area contributed by atoms with Crippen LogP contribution in [0.4, 0.5) is 0 Å². The van der Waals surface area contributed by atoms with Gasteiger partial charge in [0.25, 0.3) is 0 Å². The predicted molar refractivity (Wildman–Crippen MR) is 148 cm³/mol. The smallest absolute Gasteiger partial charge is 0.0704 e. The van der Waals surface area contributed by atoms with Crippen LogP contribution in [0.5, 0.6) is 0 Å². The molecule has 0 aliphatic heterocycles. The Morgan fingerprint density at radius 1 is 1.03 bits per heavy atom. The molecule has 5 nitrogen and oxygen atoms in total. The van der Waals surface area contributed by atoms with Crippen LogP contribution < -0.4 is 0 Å². The van der Waals surface area contributed by atoms with Gasteiger partial charge in [0.05, 0.1) is 25.9 Å². The van der Waals surface area contributed by atoms with Gasteiger partial charge in [0, 0.05) is 11.5 Å². The van der Waals surface area contributed by atoms with Crippen molar-refractivity contribution in [3.8, 4) is 0 Å². The van der Waals surface area contributed by atoms with E-state index in [0.29, 0.717) is 43.3 Å². The first kappa shape index (κ1) is 28.0. The van der Waals surface area contributed by atoms with E-state index in [-0.39, 0.29) is 0 Å². The monoisotopic (exact) mass is 499 g/mol. The number of allylic oxidation sites excluding steroid dienone is 1. The molecule has 4 aliphatic carbocycles. The van der Waals surface area contributed by atoms with Crippen LogP contribution in [0.1, 0.15) is 105 Å². The molecule has 8 atom stereocenters. The third kappa shape index (κ3) is 5.84. The molecule has 4 aliphatic rings. The molecule has 3 fully saturated rings. The maximum absolute atomic E-state index is 8.33. The first-order chi connectivity index (χ1) is 17.3. The van der Waals surface area contributed by atoms with Gasteiger partial charge in [-0.3, -0.25) is 0 Å². The highest BCUT2D eigenvalue weighted by molar-refractivity contribution is 5.25. The van der Waals surface area contributed by atoms with Crippen molar-refractivity contribution < 1.29 is 9.47 Å². The number of hydrogen-bond donors (Lipinski definition) is 0. The lowest BCUT2D eigenvalue weighted by Crippen LogP contribution is -2.51. The number of rotatable bonds is 12. The van der Waals surface area contributed by atoms with E-state index >= 15 is 0 Å². The van der Waals surface area contributed by atoms with Crippen molar-refractivity contribution in [2.45, 2.75) is 111 Å². The van der Waals surface area contributed by atoms with Gasteiger partial charge in [-0.05, 0) is 103 Å². The van der Waals surface area contributed by atoms with Gasteiger partial charge in [0.2, 0.25) is 0 Å². The lowest BCUT2D eigenvalue weighted by molar-refractivity contribution is -0.0676. The van der Waals surface area contributed by atoms with Crippen molar-refractivity contribution in [3.05, 3.63) is 22.1 Å². The fourth-order valence-electron chi connectivity index (χ4n) is 9.32. The second-order valence-corrected chi connectivity index (χ2v) is 13.6. The van der Waals surface area contributed by atoms with Crippen LogP contribution in [0.25, 0.3) is 10.4 Å². The van der Waals surface area contributed by atoms with Crippen molar-refractivity contribution in [1.82, 2.24) is 0 Å². The Hall–Kier alpha value is -1.03. The summed E-state index contributed by atoms with van der Waals surface area (Å²) < 4.78 is 11.7. The average Bonchev–Trinajstić information content (AvgIpc) is 3.20. The zero-order valence-corrected chi connectivity index (χ0v) is 23.9. The van der Waals surface area contributed by atoms with Crippen LogP contribution in [0, 0.1) is 46.3 Å². The molecule has 0 N–H and O–H groups in total. The minimum Gasteiger partial charge on any atom is -0.379 e. The predicted octanol–water partition coefficient (Wildman–Crippen LogP) is 8.74. The Kier molecular flexibility index (Phi) is 9.50. The highest BCUT2D eigenvalue weighted by Gasteiger charge is 2.59. The quantitative estimate of drug-likeness (QED) is 0.0885. The number of azide groups is 1. The van der Waals surface area contributed by atoms with Crippen LogP contribution in [-0.4, -0.2) is 32.5 Å². The molecule has 36 heavy (non-hydrogen) atoms. The standard InChI is InChI=1S/C31H53N3O2/c1-22(2)7-6-8-23(3)27-11-12-28-26-10-9-24-21-25(36-20-19-35-18-17-33-34-32)13-15-30(24,4)29(26)14-16-31(27,28)5/h9,22-23,25-29H,6-8,10-21H2,1-5H3/t23-,25+,26+,27-,28+,29+,30+,31-/m1/s1. The largest absolute Gasteiger partial charge is 0.379 e. The Morgan fingerprint density at radius 2 is 1.86 bits per heavy atom. The maximum Gasteiger partial charge on any atom is 0.0704 e. The lowest BCUT2D eigenvalue weighted by Gasteiger charge is -2.58. The summed E-state index contributed by atoms with van der Waals surface area (Å²) >= 11 is 0. The van der Waals surface area contributed by atoms with Crippen molar-refractivity contribution in [1.29, 1.82) is 0 Å². The van der Waals surface area contributed by atoms with E-state index in [4.69, 9.17) is 15.0 Å². The van der Waals surface area contributed by atoms with Gasteiger partial charge in [-0.1, -0.05) is 70.6 Å². The molecule has 204 valence electrons. The second kappa shape index (κ2) is 12.2. The summed E-state index contributed by atoms with van der Waals surface area (Å²) in [6.45, 7) is 14.7. The molecule has 5 heteroatoms. The minimum absolute atomic E-state index is 0.331. The van der Waals surface area contributed by atoms with Gasteiger partial charge in [-0.15, -0.1) is 0 Å². The molecule has 0 radical (unpaired) electrons. The third-order valence-electron chi connectivity index (χ3n) is 11.2. The molecule has 0 aromatic carbocycles. The molecule has 4 rings (SSSR count). The molecule has 0 unspecified atom stereocenters. The van der Waals surface area contributed by atoms with E-state index in [2.05, 4.69) is 50.7 Å². The minimum atomic E-state index is 0.331. The highest BCUT2D eigenvalue weighted by atomic mass is 16.5. The second-order valence-electron chi connectivity index (χ2n) is 13.6. The summed E-state index contributed by atoms with van der Waals surface area (Å²) in [5, 5.41) is 3.51. The normalized spacial score (nSPS) is 38.5. The van der Waals surface area contributed by atoms with E-state index in [1.165, 1.54) is 64.2 Å². The zero-order chi connectivity index (χ0) is 25.8. The molecular formula is C31H53N3O2. The van der Waals surface area contributed by atoms with E-state index in [0.717, 1.165) is 41.9 Å². The Balaban J connectivity index is 1.33. The number of hydrogen-bond acceptors (Lipinski definition) is 3. The summed E-state index contributed by atoms with van der Waals surface area (Å²) in [7, 11) is 0. The lowest BCUT2D eigenvalue weighted by atomic mass is 9.47.